The Balaban J connectivity index is 1.59. The molecule has 0 bridgehead atoms. The number of para-hydroxylation sites is 2. The number of carbonyl (C=O) groups excluding carboxylic acids is 2. The minimum atomic E-state index is -0.461. The molecule has 0 saturated carbocycles. The highest BCUT2D eigenvalue weighted by Gasteiger charge is 2.31. The topological polar surface area (TPSA) is 61.4 Å². The molecule has 5 nitrogen and oxygen atoms in total. The molecule has 27 heavy (non-hydrogen) atoms. The molecule has 0 aromatic heterocycles. The van der Waals surface area contributed by atoms with Gasteiger partial charge in [0.25, 0.3) is 0 Å². The maximum atomic E-state index is 13.7. The van der Waals surface area contributed by atoms with E-state index in [-0.39, 0.29) is 23.4 Å². The van der Waals surface area contributed by atoms with Gasteiger partial charge >= 0.3 is 0 Å². The summed E-state index contributed by atoms with van der Waals surface area (Å²) < 4.78 is 13.7. The van der Waals surface area contributed by atoms with Crippen molar-refractivity contribution < 1.29 is 14.0 Å². The van der Waals surface area contributed by atoms with Crippen molar-refractivity contribution in [3.05, 3.63) is 60.4 Å². The average Bonchev–Trinajstić information content (AvgIpc) is 2.70. The number of rotatable bonds is 5. The predicted molar refractivity (Wildman–Crippen MR) is 104 cm³/mol. The number of nitrogens with one attached hydrogen (secondary N) is 2. The molecule has 2 N–H and O–H groups in total. The summed E-state index contributed by atoms with van der Waals surface area (Å²) in [5.74, 6) is -0.948. The van der Waals surface area contributed by atoms with Crippen molar-refractivity contribution in [2.45, 2.75) is 25.8 Å². The Morgan fingerprint density at radius 2 is 1.78 bits per heavy atom. The molecule has 142 valence electrons. The van der Waals surface area contributed by atoms with Gasteiger partial charge in [0.1, 0.15) is 5.82 Å². The molecule has 1 fully saturated rings. The van der Waals surface area contributed by atoms with Crippen LogP contribution in [0.5, 0.6) is 0 Å². The molecule has 2 aromatic carbocycles. The molecular formula is C21H24FN3O2. The van der Waals surface area contributed by atoms with Gasteiger partial charge in [-0.05, 0) is 50.6 Å². The molecule has 3 rings (SSSR count). The number of piperidine rings is 1. The number of nitrogens with zero attached hydrogens (tertiary/aromatic N) is 1. The Labute approximate surface area is 158 Å². The summed E-state index contributed by atoms with van der Waals surface area (Å²) in [7, 11) is 0. The Bertz CT molecular complexity index is 797. The van der Waals surface area contributed by atoms with Crippen LogP contribution in [0, 0.1) is 11.7 Å². The highest BCUT2D eigenvalue weighted by Crippen LogP contribution is 2.21. The summed E-state index contributed by atoms with van der Waals surface area (Å²) in [4.78, 5) is 27.0. The number of likely N-dealkylation sites (tertiary alicyclic amines) is 1. The number of amides is 2. The van der Waals surface area contributed by atoms with E-state index in [1.54, 1.807) is 19.1 Å². The monoisotopic (exact) mass is 369 g/mol. The van der Waals surface area contributed by atoms with Crippen molar-refractivity contribution in [1.29, 1.82) is 0 Å². The summed E-state index contributed by atoms with van der Waals surface area (Å²) in [5, 5.41) is 5.57. The number of hydrogen-bond donors (Lipinski definition) is 2. The minimum absolute atomic E-state index is 0.0346. The smallest absolute Gasteiger partial charge is 0.241 e. The summed E-state index contributed by atoms with van der Waals surface area (Å²) in [6.45, 7) is 3.03. The quantitative estimate of drug-likeness (QED) is 0.848. The van der Waals surface area contributed by atoms with Gasteiger partial charge in [-0.2, -0.15) is 0 Å². The first-order chi connectivity index (χ1) is 13.0. The second kappa shape index (κ2) is 8.77. The van der Waals surface area contributed by atoms with Crippen LogP contribution in [-0.4, -0.2) is 35.8 Å². The summed E-state index contributed by atoms with van der Waals surface area (Å²) in [6.07, 6.45) is 1.63. The summed E-state index contributed by atoms with van der Waals surface area (Å²) in [6, 6.07) is 15.0. The van der Waals surface area contributed by atoms with Gasteiger partial charge in [0, 0.05) is 12.2 Å². The standard InChI is InChI=1S/C21H24FN3O2/c1-15(20(26)24-19-12-6-5-11-18(19)22)25-13-7-8-16(14-25)21(27)23-17-9-3-2-4-10-17/h2-6,9-12,15-16H,7-8,13-14H2,1H3,(H,23,27)(H,24,26). The third-order valence-corrected chi connectivity index (χ3v) is 4.92. The van der Waals surface area contributed by atoms with Crippen molar-refractivity contribution in [3.63, 3.8) is 0 Å². The molecule has 1 aliphatic heterocycles. The number of hydrogen-bond acceptors (Lipinski definition) is 3. The molecule has 0 radical (unpaired) electrons. The number of anilines is 2. The second-order valence-corrected chi connectivity index (χ2v) is 6.83. The van der Waals surface area contributed by atoms with Crippen LogP contribution in [0.2, 0.25) is 0 Å². The maximum absolute atomic E-state index is 13.7. The molecule has 0 spiro atoms. The van der Waals surface area contributed by atoms with Gasteiger partial charge in [0.05, 0.1) is 17.6 Å². The molecule has 1 aliphatic rings. The van der Waals surface area contributed by atoms with E-state index in [0.29, 0.717) is 6.54 Å². The van der Waals surface area contributed by atoms with Gasteiger partial charge in [0.15, 0.2) is 0 Å². The fourth-order valence-corrected chi connectivity index (χ4v) is 3.30. The summed E-state index contributed by atoms with van der Waals surface area (Å²) in [5.41, 5.74) is 0.940. The van der Waals surface area contributed by atoms with Crippen LogP contribution in [-0.2, 0) is 9.59 Å². The van der Waals surface area contributed by atoms with Crippen LogP contribution in [0.3, 0.4) is 0 Å². The Morgan fingerprint density at radius 3 is 2.52 bits per heavy atom. The summed E-state index contributed by atoms with van der Waals surface area (Å²) >= 11 is 0. The molecule has 1 saturated heterocycles. The van der Waals surface area contributed by atoms with E-state index in [1.807, 2.05) is 35.2 Å². The van der Waals surface area contributed by atoms with Gasteiger partial charge in [-0.25, -0.2) is 4.39 Å². The third kappa shape index (κ3) is 4.92. The zero-order valence-electron chi connectivity index (χ0n) is 15.3. The number of benzene rings is 2. The Kier molecular flexibility index (Phi) is 6.19. The lowest BCUT2D eigenvalue weighted by atomic mass is 9.95. The van der Waals surface area contributed by atoms with E-state index in [4.69, 9.17) is 0 Å². The number of halogens is 1. The van der Waals surface area contributed by atoms with E-state index in [1.165, 1.54) is 12.1 Å². The zero-order valence-corrected chi connectivity index (χ0v) is 15.3. The van der Waals surface area contributed by atoms with E-state index in [9.17, 15) is 14.0 Å². The molecular weight excluding hydrogens is 345 g/mol. The first-order valence-electron chi connectivity index (χ1n) is 9.20. The van der Waals surface area contributed by atoms with Crippen LogP contribution in [0.1, 0.15) is 19.8 Å². The Morgan fingerprint density at radius 1 is 1.07 bits per heavy atom. The largest absolute Gasteiger partial charge is 0.326 e. The van der Waals surface area contributed by atoms with E-state index in [2.05, 4.69) is 10.6 Å². The van der Waals surface area contributed by atoms with Crippen molar-refractivity contribution in [1.82, 2.24) is 4.90 Å². The van der Waals surface area contributed by atoms with Gasteiger partial charge in [-0.1, -0.05) is 30.3 Å². The molecule has 2 amide bonds. The molecule has 0 aliphatic carbocycles. The van der Waals surface area contributed by atoms with Crippen molar-refractivity contribution in [3.8, 4) is 0 Å². The van der Waals surface area contributed by atoms with Crippen LogP contribution >= 0.6 is 0 Å². The lowest BCUT2D eigenvalue weighted by Crippen LogP contribution is -2.49. The maximum Gasteiger partial charge on any atom is 0.241 e. The van der Waals surface area contributed by atoms with Crippen LogP contribution < -0.4 is 10.6 Å². The zero-order chi connectivity index (χ0) is 19.2. The van der Waals surface area contributed by atoms with Gasteiger partial charge in [0.2, 0.25) is 11.8 Å². The van der Waals surface area contributed by atoms with Crippen molar-refractivity contribution in [2.24, 2.45) is 5.92 Å². The molecule has 1 heterocycles. The van der Waals surface area contributed by atoms with E-state index >= 15 is 0 Å². The third-order valence-electron chi connectivity index (χ3n) is 4.92. The van der Waals surface area contributed by atoms with Crippen molar-refractivity contribution >= 4 is 23.2 Å². The van der Waals surface area contributed by atoms with Gasteiger partial charge in [-0.3, -0.25) is 14.5 Å². The first kappa shape index (κ1) is 19.0. The van der Waals surface area contributed by atoms with Gasteiger partial charge < -0.3 is 10.6 Å². The first-order valence-corrected chi connectivity index (χ1v) is 9.20. The van der Waals surface area contributed by atoms with Crippen molar-refractivity contribution in [2.75, 3.05) is 23.7 Å². The SMILES string of the molecule is CC(C(=O)Nc1ccccc1F)N1CCCC(C(=O)Nc2ccccc2)C1. The van der Waals surface area contributed by atoms with E-state index in [0.717, 1.165) is 25.1 Å². The molecule has 2 aromatic rings. The van der Waals surface area contributed by atoms with Gasteiger partial charge in [-0.15, -0.1) is 0 Å². The molecule has 6 heteroatoms. The molecule has 2 atom stereocenters. The van der Waals surface area contributed by atoms with E-state index < -0.39 is 11.9 Å². The fourth-order valence-electron chi connectivity index (χ4n) is 3.30. The van der Waals surface area contributed by atoms with Crippen LogP contribution in [0.4, 0.5) is 15.8 Å². The molecule has 2 unspecified atom stereocenters. The highest BCUT2D eigenvalue weighted by molar-refractivity contribution is 5.95. The number of carbonyl (C=O) groups is 2. The normalized spacial score (nSPS) is 18.5. The second-order valence-electron chi connectivity index (χ2n) is 6.83. The lowest BCUT2D eigenvalue weighted by molar-refractivity contribution is -0.125. The lowest BCUT2D eigenvalue weighted by Gasteiger charge is -2.35. The van der Waals surface area contributed by atoms with Crippen LogP contribution in [0.15, 0.2) is 54.6 Å². The minimum Gasteiger partial charge on any atom is -0.326 e. The average molecular weight is 369 g/mol. The highest BCUT2D eigenvalue weighted by atomic mass is 19.1. The Hall–Kier alpha value is -2.73. The van der Waals surface area contributed by atoms with Crippen LogP contribution in [0.25, 0.3) is 0 Å². The fraction of sp³-hybridized carbons (Fsp3) is 0.333. The predicted octanol–water partition coefficient (Wildman–Crippen LogP) is 3.50.